The van der Waals surface area contributed by atoms with E-state index in [9.17, 15) is 0 Å². The second-order valence-corrected chi connectivity index (χ2v) is 12.1. The molecule has 0 fully saturated rings. The quantitative estimate of drug-likeness (QED) is 0.169. The fraction of sp³-hybridized carbons (Fsp3) is 0.122. The van der Waals surface area contributed by atoms with Crippen molar-refractivity contribution in [2.24, 2.45) is 0 Å². The van der Waals surface area contributed by atoms with E-state index in [1.165, 1.54) is 61.2 Å². The van der Waals surface area contributed by atoms with Gasteiger partial charge in [-0.2, -0.15) is 0 Å². The molecule has 0 aliphatic heterocycles. The molecule has 0 radical (unpaired) electrons. The Bertz CT molecular complexity index is 1800. The topological polar surface area (TPSA) is 0 Å². The lowest BCUT2D eigenvalue weighted by atomic mass is 9.80. The Hall–Kier alpha value is -4.20. The molecule has 0 spiro atoms. The first-order chi connectivity index (χ1) is 20.5. The van der Waals surface area contributed by atoms with Gasteiger partial charge in [-0.1, -0.05) is 163 Å². The van der Waals surface area contributed by atoms with Crippen LogP contribution in [0.1, 0.15) is 42.4 Å². The molecule has 0 nitrogen and oxygen atoms in total. The van der Waals surface area contributed by atoms with Gasteiger partial charge in [0.1, 0.15) is 0 Å². The van der Waals surface area contributed by atoms with Crippen LogP contribution in [0.2, 0.25) is 0 Å². The minimum absolute atomic E-state index is 0.364. The first-order valence-corrected chi connectivity index (χ1v) is 15.5. The van der Waals surface area contributed by atoms with Crippen molar-refractivity contribution in [2.45, 2.75) is 32.6 Å². The Morgan fingerprint density at radius 3 is 1.57 bits per heavy atom. The maximum Gasteiger partial charge on any atom is 0.0260 e. The SMILES string of the molecule is Cc1ccccc1-c1ccccc1C(C)C(C)c1ccc(-c2cc(-c3ccccc3)c(Br)cc2-c2ccccc2)cc1. The van der Waals surface area contributed by atoms with Crippen LogP contribution in [-0.2, 0) is 0 Å². The van der Waals surface area contributed by atoms with E-state index >= 15 is 0 Å². The van der Waals surface area contributed by atoms with Gasteiger partial charge >= 0.3 is 0 Å². The molecule has 0 aliphatic carbocycles. The summed E-state index contributed by atoms with van der Waals surface area (Å²) < 4.78 is 1.10. The third-order valence-corrected chi connectivity index (χ3v) is 9.32. The molecule has 2 unspecified atom stereocenters. The predicted molar refractivity (Wildman–Crippen MR) is 184 cm³/mol. The lowest BCUT2D eigenvalue weighted by Crippen LogP contribution is -2.06. The van der Waals surface area contributed by atoms with Crippen molar-refractivity contribution >= 4 is 15.9 Å². The lowest BCUT2D eigenvalue weighted by molar-refractivity contribution is 0.625. The lowest BCUT2D eigenvalue weighted by Gasteiger charge is -2.24. The van der Waals surface area contributed by atoms with Gasteiger partial charge in [0.25, 0.3) is 0 Å². The maximum atomic E-state index is 3.88. The van der Waals surface area contributed by atoms with Gasteiger partial charge in [-0.3, -0.25) is 0 Å². The molecule has 2 atom stereocenters. The van der Waals surface area contributed by atoms with Crippen LogP contribution in [0, 0.1) is 6.92 Å². The van der Waals surface area contributed by atoms with Gasteiger partial charge in [0.15, 0.2) is 0 Å². The zero-order chi connectivity index (χ0) is 29.1. The van der Waals surface area contributed by atoms with Gasteiger partial charge in [0.05, 0.1) is 0 Å². The number of hydrogen-bond acceptors (Lipinski definition) is 0. The zero-order valence-corrected chi connectivity index (χ0v) is 26.0. The van der Waals surface area contributed by atoms with Gasteiger partial charge in [-0.15, -0.1) is 0 Å². The molecule has 42 heavy (non-hydrogen) atoms. The molecule has 6 rings (SSSR count). The van der Waals surface area contributed by atoms with Crippen molar-refractivity contribution in [3.8, 4) is 44.5 Å². The Morgan fingerprint density at radius 2 is 0.929 bits per heavy atom. The van der Waals surface area contributed by atoms with Gasteiger partial charge in [-0.05, 0) is 92.1 Å². The van der Waals surface area contributed by atoms with Gasteiger partial charge in [-0.25, -0.2) is 0 Å². The molecular formula is C41H35Br. The Morgan fingerprint density at radius 1 is 0.429 bits per heavy atom. The molecule has 0 saturated carbocycles. The summed E-state index contributed by atoms with van der Waals surface area (Å²) in [4.78, 5) is 0. The largest absolute Gasteiger partial charge is 0.0622 e. The van der Waals surface area contributed by atoms with Crippen molar-refractivity contribution < 1.29 is 0 Å². The Labute approximate surface area is 258 Å². The molecule has 0 heterocycles. The highest BCUT2D eigenvalue weighted by Crippen LogP contribution is 2.42. The summed E-state index contributed by atoms with van der Waals surface area (Å²) in [6.07, 6.45) is 0. The van der Waals surface area contributed by atoms with Crippen LogP contribution in [0.5, 0.6) is 0 Å². The van der Waals surface area contributed by atoms with E-state index in [1.54, 1.807) is 0 Å². The van der Waals surface area contributed by atoms with Crippen LogP contribution in [0.4, 0.5) is 0 Å². The second kappa shape index (κ2) is 12.3. The normalized spacial score (nSPS) is 12.6. The maximum absolute atomic E-state index is 3.88. The predicted octanol–water partition coefficient (Wildman–Crippen LogP) is 12.3. The molecule has 0 amide bonds. The summed E-state index contributed by atoms with van der Waals surface area (Å²) in [5, 5.41) is 0. The summed E-state index contributed by atoms with van der Waals surface area (Å²) in [5.74, 6) is 0.728. The summed E-state index contributed by atoms with van der Waals surface area (Å²) in [6.45, 7) is 6.93. The molecule has 0 aliphatic rings. The number of halogens is 1. The summed E-state index contributed by atoms with van der Waals surface area (Å²) >= 11 is 3.88. The van der Waals surface area contributed by atoms with Crippen LogP contribution in [0.15, 0.2) is 150 Å². The van der Waals surface area contributed by atoms with Crippen molar-refractivity contribution in [2.75, 3.05) is 0 Å². The van der Waals surface area contributed by atoms with E-state index in [-0.39, 0.29) is 0 Å². The minimum Gasteiger partial charge on any atom is -0.0622 e. The van der Waals surface area contributed by atoms with E-state index in [2.05, 4.69) is 182 Å². The van der Waals surface area contributed by atoms with E-state index < -0.39 is 0 Å². The van der Waals surface area contributed by atoms with E-state index in [1.807, 2.05) is 0 Å². The summed E-state index contributed by atoms with van der Waals surface area (Å²) in [7, 11) is 0. The van der Waals surface area contributed by atoms with Crippen molar-refractivity contribution in [3.63, 3.8) is 0 Å². The van der Waals surface area contributed by atoms with Gasteiger partial charge in [0.2, 0.25) is 0 Å². The fourth-order valence-electron chi connectivity index (χ4n) is 6.05. The van der Waals surface area contributed by atoms with Crippen LogP contribution < -0.4 is 0 Å². The number of hydrogen-bond donors (Lipinski definition) is 0. The molecule has 0 saturated heterocycles. The highest BCUT2D eigenvalue weighted by molar-refractivity contribution is 9.10. The highest BCUT2D eigenvalue weighted by atomic mass is 79.9. The monoisotopic (exact) mass is 606 g/mol. The third kappa shape index (κ3) is 5.62. The smallest absolute Gasteiger partial charge is 0.0260 e. The molecule has 1 heteroatoms. The van der Waals surface area contributed by atoms with Crippen LogP contribution >= 0.6 is 15.9 Å². The first kappa shape index (κ1) is 27.9. The number of rotatable bonds is 7. The molecule has 6 aromatic rings. The van der Waals surface area contributed by atoms with Crippen LogP contribution in [0.25, 0.3) is 44.5 Å². The van der Waals surface area contributed by atoms with E-state index in [0.29, 0.717) is 11.8 Å². The van der Waals surface area contributed by atoms with Crippen molar-refractivity contribution in [1.82, 2.24) is 0 Å². The van der Waals surface area contributed by atoms with E-state index in [4.69, 9.17) is 0 Å². The van der Waals surface area contributed by atoms with Crippen molar-refractivity contribution in [1.29, 1.82) is 0 Å². The van der Waals surface area contributed by atoms with E-state index in [0.717, 1.165) is 4.47 Å². The Balaban J connectivity index is 1.37. The van der Waals surface area contributed by atoms with Gasteiger partial charge in [0, 0.05) is 4.47 Å². The highest BCUT2D eigenvalue weighted by Gasteiger charge is 2.21. The molecule has 0 N–H and O–H groups in total. The first-order valence-electron chi connectivity index (χ1n) is 14.7. The zero-order valence-electron chi connectivity index (χ0n) is 24.4. The second-order valence-electron chi connectivity index (χ2n) is 11.2. The molecule has 6 aromatic carbocycles. The van der Waals surface area contributed by atoms with Crippen LogP contribution in [0.3, 0.4) is 0 Å². The van der Waals surface area contributed by atoms with Crippen LogP contribution in [-0.4, -0.2) is 0 Å². The van der Waals surface area contributed by atoms with Crippen molar-refractivity contribution in [3.05, 3.63) is 167 Å². The minimum atomic E-state index is 0.364. The molecular weight excluding hydrogens is 572 g/mol. The number of benzene rings is 6. The third-order valence-electron chi connectivity index (χ3n) is 8.66. The summed E-state index contributed by atoms with van der Waals surface area (Å²) in [6, 6.07) is 52.8. The average Bonchev–Trinajstić information content (AvgIpc) is 3.05. The molecule has 0 bridgehead atoms. The average molecular weight is 608 g/mol. The van der Waals surface area contributed by atoms with Gasteiger partial charge < -0.3 is 0 Å². The molecule has 206 valence electrons. The standard InChI is InChI=1S/C41H35Br/c1-28-14-10-11-19-35(28)37-21-13-12-20-36(37)30(3)29(2)31-22-24-34(25-23-31)38-26-40(33-17-8-5-9-18-33)41(42)27-39(38)32-15-6-4-7-16-32/h4-27,29-30H,1-3H3. The fourth-order valence-corrected chi connectivity index (χ4v) is 6.62. The summed E-state index contributed by atoms with van der Waals surface area (Å²) in [5.41, 5.74) is 14.0. The number of aryl methyl sites for hydroxylation is 1. The molecule has 0 aromatic heterocycles. The Kier molecular flexibility index (Phi) is 8.22.